The van der Waals surface area contributed by atoms with E-state index in [1.54, 1.807) is 33.8 Å². The van der Waals surface area contributed by atoms with E-state index in [4.69, 9.17) is 9.47 Å². The van der Waals surface area contributed by atoms with Gasteiger partial charge in [-0.3, -0.25) is 14.0 Å². The largest absolute Gasteiger partial charge is 0.494 e. The summed E-state index contributed by atoms with van der Waals surface area (Å²) in [5.74, 6) is -1.49. The first-order chi connectivity index (χ1) is 26.7. The molecule has 15 heteroatoms. The number of benzene rings is 2. The molecule has 1 unspecified atom stereocenters. The SMILES string of the molecule is CCc1cc(Nc2nccn3c(-c4ccc(OC)c(F)c4F)cnc23)ccc1C(=O)NCC1CC[N+](C)(CC(=O)NCC2CCN(C(=O)OC(C)(C)C)C2)CC1. The molecule has 2 saturated heterocycles. The lowest BCUT2D eigenvalue weighted by Gasteiger charge is -2.40. The molecule has 2 aromatic carbocycles. The molecule has 4 heterocycles. The molecule has 2 aliphatic rings. The summed E-state index contributed by atoms with van der Waals surface area (Å²) in [6.45, 7) is 11.9. The molecule has 0 bridgehead atoms. The fourth-order valence-corrected chi connectivity index (χ4v) is 7.51. The number of aromatic nitrogens is 3. The number of carbonyl (C=O) groups is 3. The number of amides is 3. The van der Waals surface area contributed by atoms with Crippen LogP contribution in [0.3, 0.4) is 0 Å². The second-order valence-corrected chi connectivity index (χ2v) is 16.2. The monoisotopic (exact) mass is 775 g/mol. The Bertz CT molecular complexity index is 2070. The molecule has 3 amide bonds. The third-order valence-electron chi connectivity index (χ3n) is 10.7. The van der Waals surface area contributed by atoms with E-state index >= 15 is 0 Å². The Morgan fingerprint density at radius 2 is 1.73 bits per heavy atom. The molecule has 2 aromatic heterocycles. The number of likely N-dealkylation sites (N-methyl/N-ethyl adjacent to an activating group) is 1. The summed E-state index contributed by atoms with van der Waals surface area (Å²) >= 11 is 0. The number of nitrogens with zero attached hydrogens (tertiary/aromatic N) is 5. The average molecular weight is 776 g/mol. The molecular formula is C41H53F2N8O5+. The maximum absolute atomic E-state index is 14.9. The molecule has 0 saturated carbocycles. The van der Waals surface area contributed by atoms with Crippen LogP contribution in [0, 0.1) is 23.5 Å². The van der Waals surface area contributed by atoms with Crippen LogP contribution in [0.25, 0.3) is 16.9 Å². The van der Waals surface area contributed by atoms with Crippen LogP contribution in [-0.4, -0.2) is 107 Å². The normalized spacial score (nSPS) is 19.8. The van der Waals surface area contributed by atoms with Crippen molar-refractivity contribution in [1.82, 2.24) is 29.9 Å². The summed E-state index contributed by atoms with van der Waals surface area (Å²) in [4.78, 5) is 49.3. The smallest absolute Gasteiger partial charge is 0.410 e. The molecule has 13 nitrogen and oxygen atoms in total. The summed E-state index contributed by atoms with van der Waals surface area (Å²) in [5, 5.41) is 9.51. The van der Waals surface area contributed by atoms with Crippen LogP contribution in [0.2, 0.25) is 0 Å². The number of ether oxygens (including phenoxy) is 2. The highest BCUT2D eigenvalue weighted by Gasteiger charge is 2.34. The van der Waals surface area contributed by atoms with Gasteiger partial charge in [-0.15, -0.1) is 0 Å². The van der Waals surface area contributed by atoms with Gasteiger partial charge < -0.3 is 34.8 Å². The van der Waals surface area contributed by atoms with Crippen molar-refractivity contribution in [1.29, 1.82) is 0 Å². The molecule has 1 atom stereocenters. The third-order valence-corrected chi connectivity index (χ3v) is 10.7. The summed E-state index contributed by atoms with van der Waals surface area (Å²) < 4.78 is 42.1. The zero-order chi connectivity index (χ0) is 40.2. The van der Waals surface area contributed by atoms with E-state index in [0.29, 0.717) is 78.0 Å². The lowest BCUT2D eigenvalue weighted by atomic mass is 9.94. The molecular weight excluding hydrogens is 722 g/mol. The topological polar surface area (TPSA) is 139 Å². The van der Waals surface area contributed by atoms with Gasteiger partial charge >= 0.3 is 6.09 Å². The van der Waals surface area contributed by atoms with Crippen molar-refractivity contribution in [2.45, 2.75) is 59.0 Å². The van der Waals surface area contributed by atoms with Gasteiger partial charge in [-0.1, -0.05) is 6.92 Å². The van der Waals surface area contributed by atoms with Gasteiger partial charge in [0, 0.05) is 68.2 Å². The minimum Gasteiger partial charge on any atom is -0.494 e. The van der Waals surface area contributed by atoms with Crippen molar-refractivity contribution in [3.05, 3.63) is 71.7 Å². The number of halogens is 2. The number of quaternary nitrogens is 1. The lowest BCUT2D eigenvalue weighted by molar-refractivity contribution is -0.907. The molecule has 0 aliphatic carbocycles. The number of likely N-dealkylation sites (tertiary alicyclic amines) is 2. The molecule has 2 fully saturated rings. The standard InChI is InChI=1S/C41H52F2N8O5/c1-7-28-20-29(48-37-38-46-23-32(50(38)17-15-44-37)31-10-11-33(55-6)36(43)35(31)42)8-9-30(28)39(53)47-21-26-13-18-51(5,19-14-26)25-34(52)45-22-27-12-16-49(24-27)40(54)56-41(2,3)4/h8-11,15,17,20,23,26-27H,7,12-14,16,18-19,21-22,24-25H2,1-6H3,(H2-,44,45,47,48,52,53)/p+1. The number of carbonyl (C=O) groups excluding carboxylic acids is 3. The average Bonchev–Trinajstić information content (AvgIpc) is 3.82. The molecule has 300 valence electrons. The molecule has 0 spiro atoms. The first-order valence-corrected chi connectivity index (χ1v) is 19.3. The Morgan fingerprint density at radius 3 is 2.45 bits per heavy atom. The van der Waals surface area contributed by atoms with Gasteiger partial charge in [0.1, 0.15) is 5.60 Å². The molecule has 3 N–H and O–H groups in total. The number of methoxy groups -OCH3 is 1. The molecule has 6 rings (SSSR count). The Balaban J connectivity index is 0.982. The number of hydrogen-bond donors (Lipinski definition) is 3. The van der Waals surface area contributed by atoms with E-state index in [-0.39, 0.29) is 35.1 Å². The highest BCUT2D eigenvalue weighted by atomic mass is 19.2. The number of nitrogens with one attached hydrogen (secondary N) is 3. The number of imidazole rings is 1. The minimum atomic E-state index is -1.08. The number of hydrogen-bond acceptors (Lipinski definition) is 8. The highest BCUT2D eigenvalue weighted by Crippen LogP contribution is 2.32. The highest BCUT2D eigenvalue weighted by molar-refractivity contribution is 5.96. The van der Waals surface area contributed by atoms with Crippen LogP contribution in [0.5, 0.6) is 5.75 Å². The van der Waals surface area contributed by atoms with Crippen LogP contribution in [0.15, 0.2) is 48.9 Å². The molecule has 56 heavy (non-hydrogen) atoms. The third kappa shape index (κ3) is 9.37. The maximum Gasteiger partial charge on any atom is 0.410 e. The minimum absolute atomic E-state index is 0.0163. The van der Waals surface area contributed by atoms with Gasteiger partial charge in [0.15, 0.2) is 29.6 Å². The first-order valence-electron chi connectivity index (χ1n) is 19.3. The van der Waals surface area contributed by atoms with Gasteiger partial charge in [-0.25, -0.2) is 19.2 Å². The van der Waals surface area contributed by atoms with E-state index in [1.165, 1.54) is 25.4 Å². The lowest BCUT2D eigenvalue weighted by Crippen LogP contribution is -2.55. The Hall–Kier alpha value is -5.31. The van der Waals surface area contributed by atoms with Gasteiger partial charge in [0.2, 0.25) is 5.82 Å². The number of rotatable bonds is 12. The van der Waals surface area contributed by atoms with Gasteiger partial charge in [0.05, 0.1) is 39.1 Å². The van der Waals surface area contributed by atoms with E-state index in [9.17, 15) is 23.2 Å². The van der Waals surface area contributed by atoms with Crippen molar-refractivity contribution in [2.75, 3.05) is 65.3 Å². The summed E-state index contributed by atoms with van der Waals surface area (Å²) in [5.41, 5.74) is 2.41. The maximum atomic E-state index is 14.9. The van der Waals surface area contributed by atoms with Gasteiger partial charge in [-0.05, 0) is 81.3 Å². The van der Waals surface area contributed by atoms with Gasteiger partial charge in [0.25, 0.3) is 11.8 Å². The fraction of sp³-hybridized carbons (Fsp3) is 0.488. The summed E-state index contributed by atoms with van der Waals surface area (Å²) in [6, 6.07) is 8.31. The van der Waals surface area contributed by atoms with Crippen LogP contribution >= 0.6 is 0 Å². The van der Waals surface area contributed by atoms with Crippen molar-refractivity contribution in [3.63, 3.8) is 0 Å². The van der Waals surface area contributed by atoms with Crippen molar-refractivity contribution in [2.24, 2.45) is 11.8 Å². The second-order valence-electron chi connectivity index (χ2n) is 16.2. The van der Waals surface area contributed by atoms with Gasteiger partial charge in [-0.2, -0.15) is 4.39 Å². The molecule has 0 radical (unpaired) electrons. The summed E-state index contributed by atoms with van der Waals surface area (Å²) in [6.07, 6.45) is 7.58. The Labute approximate surface area is 326 Å². The van der Waals surface area contributed by atoms with Crippen molar-refractivity contribution < 1.29 is 37.1 Å². The van der Waals surface area contributed by atoms with Crippen LogP contribution in [0.1, 0.15) is 62.9 Å². The number of aryl methyl sites for hydroxylation is 1. The number of anilines is 2. The zero-order valence-corrected chi connectivity index (χ0v) is 33.1. The Kier molecular flexibility index (Phi) is 12.1. The van der Waals surface area contributed by atoms with E-state index in [2.05, 4.69) is 33.0 Å². The predicted octanol–water partition coefficient (Wildman–Crippen LogP) is 5.95. The van der Waals surface area contributed by atoms with Crippen LogP contribution < -0.4 is 20.7 Å². The van der Waals surface area contributed by atoms with Crippen LogP contribution in [0.4, 0.5) is 25.1 Å². The number of fused-ring (bicyclic) bond motifs is 1. The van der Waals surface area contributed by atoms with E-state index < -0.39 is 17.2 Å². The van der Waals surface area contributed by atoms with E-state index in [1.807, 2.05) is 33.8 Å². The van der Waals surface area contributed by atoms with Crippen LogP contribution in [-0.2, 0) is 16.0 Å². The van der Waals surface area contributed by atoms with Crippen molar-refractivity contribution >= 4 is 35.1 Å². The molecule has 4 aromatic rings. The second kappa shape index (κ2) is 16.8. The van der Waals surface area contributed by atoms with Crippen molar-refractivity contribution in [3.8, 4) is 17.0 Å². The number of piperidine rings is 1. The first kappa shape index (κ1) is 40.4. The predicted molar refractivity (Wildman–Crippen MR) is 209 cm³/mol. The quantitative estimate of drug-likeness (QED) is 0.150. The Morgan fingerprint density at radius 1 is 0.982 bits per heavy atom. The zero-order valence-electron chi connectivity index (χ0n) is 33.1. The summed E-state index contributed by atoms with van der Waals surface area (Å²) in [7, 11) is 3.39. The fourth-order valence-electron chi connectivity index (χ4n) is 7.51. The molecule has 2 aliphatic heterocycles. The van der Waals surface area contributed by atoms with E-state index in [0.717, 1.165) is 37.9 Å².